The normalized spacial score (nSPS) is 17.9. The Labute approximate surface area is 167 Å². The zero-order valence-corrected chi connectivity index (χ0v) is 17.6. The molecule has 0 bridgehead atoms. The number of rotatable bonds is 8. The minimum Gasteiger partial charge on any atom is -0.481 e. The lowest BCUT2D eigenvalue weighted by atomic mass is 9.99. The molecule has 2 atom stereocenters. The van der Waals surface area contributed by atoms with Gasteiger partial charge in [0.1, 0.15) is 0 Å². The predicted octanol–water partition coefficient (Wildman–Crippen LogP) is 2.53. The molecule has 2 unspecified atom stereocenters. The first-order valence-corrected chi connectivity index (χ1v) is 11.2. The Kier molecular flexibility index (Phi) is 7.60. The summed E-state index contributed by atoms with van der Waals surface area (Å²) in [6.45, 7) is 7.07. The number of benzene rings is 1. The van der Waals surface area contributed by atoms with Crippen LogP contribution in [-0.2, 0) is 19.6 Å². The monoisotopic (exact) mass is 410 g/mol. The summed E-state index contributed by atoms with van der Waals surface area (Å²) >= 11 is 0. The molecule has 7 nitrogen and oxygen atoms in total. The molecule has 1 aromatic carbocycles. The van der Waals surface area contributed by atoms with Crippen molar-refractivity contribution in [2.24, 2.45) is 5.92 Å². The number of carboxylic acids is 1. The van der Waals surface area contributed by atoms with Gasteiger partial charge in [-0.05, 0) is 36.0 Å². The second-order valence-corrected chi connectivity index (χ2v) is 9.51. The molecule has 1 saturated heterocycles. The van der Waals surface area contributed by atoms with E-state index in [-0.39, 0.29) is 42.7 Å². The topological polar surface area (TPSA) is 95.0 Å². The van der Waals surface area contributed by atoms with E-state index in [2.05, 4.69) is 13.8 Å². The molecular weight excluding hydrogens is 380 g/mol. The Hall–Kier alpha value is -1.93. The number of amides is 1. The largest absolute Gasteiger partial charge is 0.481 e. The predicted molar refractivity (Wildman–Crippen MR) is 107 cm³/mol. The number of hydrogen-bond acceptors (Lipinski definition) is 4. The molecule has 0 radical (unpaired) electrons. The van der Waals surface area contributed by atoms with Gasteiger partial charge in [0.2, 0.25) is 15.9 Å². The van der Waals surface area contributed by atoms with Crippen LogP contribution in [0.1, 0.15) is 51.5 Å². The molecular formula is C20H30N2O5S. The smallest absolute Gasteiger partial charge is 0.303 e. The summed E-state index contributed by atoms with van der Waals surface area (Å²) in [5, 5.41) is 8.80. The molecule has 28 heavy (non-hydrogen) atoms. The van der Waals surface area contributed by atoms with Gasteiger partial charge in [0.15, 0.2) is 0 Å². The number of piperazine rings is 1. The Bertz CT molecular complexity index is 783. The highest BCUT2D eigenvalue weighted by atomic mass is 32.2. The van der Waals surface area contributed by atoms with Gasteiger partial charge in [0, 0.05) is 39.0 Å². The molecule has 0 aromatic heterocycles. The highest BCUT2D eigenvalue weighted by Gasteiger charge is 2.30. The molecule has 1 N–H and O–H groups in total. The fraction of sp³-hybridized carbons (Fsp3) is 0.600. The fourth-order valence-electron chi connectivity index (χ4n) is 3.33. The molecule has 0 spiro atoms. The molecule has 2 rings (SSSR count). The molecule has 1 aliphatic heterocycles. The van der Waals surface area contributed by atoms with Crippen molar-refractivity contribution in [2.75, 3.05) is 26.2 Å². The van der Waals surface area contributed by atoms with Gasteiger partial charge in [-0.3, -0.25) is 9.59 Å². The number of sulfonamides is 1. The first-order valence-electron chi connectivity index (χ1n) is 9.74. The zero-order valence-electron chi connectivity index (χ0n) is 16.8. The summed E-state index contributed by atoms with van der Waals surface area (Å²) < 4.78 is 27.2. The minimum atomic E-state index is -3.58. The van der Waals surface area contributed by atoms with Gasteiger partial charge in [-0.15, -0.1) is 0 Å². The highest BCUT2D eigenvalue weighted by molar-refractivity contribution is 7.89. The van der Waals surface area contributed by atoms with E-state index in [0.29, 0.717) is 19.0 Å². The molecule has 1 amide bonds. The van der Waals surface area contributed by atoms with Crippen LogP contribution in [0.15, 0.2) is 29.2 Å². The second kappa shape index (κ2) is 9.52. The molecule has 0 aliphatic carbocycles. The Morgan fingerprint density at radius 1 is 1.04 bits per heavy atom. The van der Waals surface area contributed by atoms with Crippen LogP contribution in [-0.4, -0.2) is 60.8 Å². The standard InChI is InChI=1S/C20H30N2O5S/c1-4-16(3)17-5-7-18(8-6-17)28(26,27)22-11-9-21(10-12-22)19(23)13-15(2)14-20(24)25/h5-8,15-16H,4,9-14H2,1-3H3,(H,24,25). The Morgan fingerprint density at radius 3 is 2.11 bits per heavy atom. The molecule has 156 valence electrons. The van der Waals surface area contributed by atoms with Crippen molar-refractivity contribution in [1.29, 1.82) is 0 Å². The highest BCUT2D eigenvalue weighted by Crippen LogP contribution is 2.23. The van der Waals surface area contributed by atoms with E-state index < -0.39 is 16.0 Å². The number of nitrogens with zero attached hydrogens (tertiary/aromatic N) is 2. The average Bonchev–Trinajstić information content (AvgIpc) is 2.66. The summed E-state index contributed by atoms with van der Waals surface area (Å²) in [4.78, 5) is 24.9. The van der Waals surface area contributed by atoms with E-state index in [1.165, 1.54) is 4.31 Å². The van der Waals surface area contributed by atoms with Gasteiger partial charge in [0.05, 0.1) is 4.90 Å². The van der Waals surface area contributed by atoms with Crippen molar-refractivity contribution in [3.8, 4) is 0 Å². The number of carbonyl (C=O) groups is 2. The van der Waals surface area contributed by atoms with Crippen LogP contribution in [0.5, 0.6) is 0 Å². The molecule has 1 aromatic rings. The van der Waals surface area contributed by atoms with E-state index in [0.717, 1.165) is 12.0 Å². The van der Waals surface area contributed by atoms with Crippen molar-refractivity contribution in [1.82, 2.24) is 9.21 Å². The Balaban J connectivity index is 1.96. The molecule has 1 aliphatic rings. The third-order valence-electron chi connectivity index (χ3n) is 5.34. The van der Waals surface area contributed by atoms with E-state index in [1.807, 2.05) is 12.1 Å². The first kappa shape index (κ1) is 22.4. The third kappa shape index (κ3) is 5.54. The van der Waals surface area contributed by atoms with Crippen LogP contribution in [0.2, 0.25) is 0 Å². The average molecular weight is 411 g/mol. The van der Waals surface area contributed by atoms with Crippen LogP contribution in [0.4, 0.5) is 0 Å². The van der Waals surface area contributed by atoms with Gasteiger partial charge >= 0.3 is 5.97 Å². The van der Waals surface area contributed by atoms with Gasteiger partial charge in [-0.1, -0.05) is 32.9 Å². The quantitative estimate of drug-likeness (QED) is 0.711. The first-order chi connectivity index (χ1) is 13.1. The maximum absolute atomic E-state index is 12.9. The molecule has 1 fully saturated rings. The van der Waals surface area contributed by atoms with Crippen LogP contribution in [0, 0.1) is 5.92 Å². The lowest BCUT2D eigenvalue weighted by Gasteiger charge is -2.34. The summed E-state index contributed by atoms with van der Waals surface area (Å²) in [5.41, 5.74) is 1.12. The summed E-state index contributed by atoms with van der Waals surface area (Å²) in [6.07, 6.45) is 1.11. The van der Waals surface area contributed by atoms with Crippen LogP contribution in [0.25, 0.3) is 0 Å². The third-order valence-corrected chi connectivity index (χ3v) is 7.25. The fourth-order valence-corrected chi connectivity index (χ4v) is 4.75. The Morgan fingerprint density at radius 2 is 1.61 bits per heavy atom. The zero-order chi connectivity index (χ0) is 20.9. The molecule has 8 heteroatoms. The van der Waals surface area contributed by atoms with Crippen LogP contribution in [0.3, 0.4) is 0 Å². The maximum Gasteiger partial charge on any atom is 0.303 e. The van der Waals surface area contributed by atoms with E-state index in [9.17, 15) is 18.0 Å². The minimum absolute atomic E-state index is 0.0489. The van der Waals surface area contributed by atoms with Gasteiger partial charge in [-0.2, -0.15) is 4.31 Å². The van der Waals surface area contributed by atoms with Gasteiger partial charge in [0.25, 0.3) is 0 Å². The molecule has 1 heterocycles. The number of carboxylic acid groups (broad SMARTS) is 1. The maximum atomic E-state index is 12.9. The number of hydrogen-bond donors (Lipinski definition) is 1. The summed E-state index contributed by atoms with van der Waals surface area (Å²) in [6, 6.07) is 7.04. The van der Waals surface area contributed by atoms with E-state index >= 15 is 0 Å². The number of carbonyl (C=O) groups excluding carboxylic acids is 1. The van der Waals surface area contributed by atoms with E-state index in [4.69, 9.17) is 5.11 Å². The lowest BCUT2D eigenvalue weighted by molar-refractivity contribution is -0.138. The van der Waals surface area contributed by atoms with Crippen molar-refractivity contribution in [2.45, 2.75) is 50.8 Å². The summed E-state index contributed by atoms with van der Waals surface area (Å²) in [7, 11) is -3.58. The van der Waals surface area contributed by atoms with Crippen LogP contribution >= 0.6 is 0 Å². The lowest BCUT2D eigenvalue weighted by Crippen LogP contribution is -2.50. The number of aliphatic carboxylic acids is 1. The van der Waals surface area contributed by atoms with Gasteiger partial charge in [-0.25, -0.2) is 8.42 Å². The van der Waals surface area contributed by atoms with Gasteiger partial charge < -0.3 is 10.0 Å². The van der Waals surface area contributed by atoms with Crippen LogP contribution < -0.4 is 0 Å². The van der Waals surface area contributed by atoms with Crippen molar-refractivity contribution in [3.63, 3.8) is 0 Å². The van der Waals surface area contributed by atoms with Crippen molar-refractivity contribution >= 4 is 21.9 Å². The van der Waals surface area contributed by atoms with E-state index in [1.54, 1.807) is 24.0 Å². The molecule has 0 saturated carbocycles. The summed E-state index contributed by atoms with van der Waals surface area (Å²) in [5.74, 6) is -0.898. The van der Waals surface area contributed by atoms with Crippen molar-refractivity contribution < 1.29 is 23.1 Å². The van der Waals surface area contributed by atoms with Crippen molar-refractivity contribution in [3.05, 3.63) is 29.8 Å². The second-order valence-electron chi connectivity index (χ2n) is 7.57. The SMILES string of the molecule is CCC(C)c1ccc(S(=O)(=O)N2CCN(C(=O)CC(C)CC(=O)O)CC2)cc1.